The third kappa shape index (κ3) is 6.06. The van der Waals surface area contributed by atoms with Crippen molar-refractivity contribution in [3.05, 3.63) is 182 Å². The zero-order chi connectivity index (χ0) is 38.5. The predicted molar refractivity (Wildman–Crippen MR) is 230 cm³/mol. The molecule has 10 rings (SSSR count). The van der Waals surface area contributed by atoms with Gasteiger partial charge < -0.3 is 15.3 Å². The summed E-state index contributed by atoms with van der Waals surface area (Å²) in [5, 5.41) is 34.0. The van der Waals surface area contributed by atoms with Crippen molar-refractivity contribution < 1.29 is 15.3 Å². The monoisotopic (exact) mass is 735 g/mol. The number of phenolic OH excluding ortho intramolecular Hbond substituents is 3. The van der Waals surface area contributed by atoms with E-state index in [0.717, 1.165) is 82.9 Å². The van der Waals surface area contributed by atoms with E-state index < -0.39 is 0 Å². The number of pyridine rings is 3. The quantitative estimate of drug-likeness (QED) is 0.157. The Balaban J connectivity index is 1.06. The first kappa shape index (κ1) is 33.7. The van der Waals surface area contributed by atoms with Crippen LogP contribution in [0.5, 0.6) is 17.2 Å². The molecule has 0 radical (unpaired) electrons. The summed E-state index contributed by atoms with van der Waals surface area (Å²) in [6, 6.07) is 54.7. The lowest BCUT2D eigenvalue weighted by Crippen LogP contribution is -1.89. The number of hydrogen-bond donors (Lipinski definition) is 3. The highest BCUT2D eigenvalue weighted by Crippen LogP contribution is 2.39. The lowest BCUT2D eigenvalue weighted by molar-refractivity contribution is 0.480. The molecule has 6 heteroatoms. The Labute approximate surface area is 328 Å². The third-order valence-electron chi connectivity index (χ3n) is 10.8. The largest absolute Gasteiger partial charge is 0.506 e. The molecule has 10 aromatic rings. The number of fused-ring (bicyclic) bond motifs is 3. The minimum Gasteiger partial charge on any atom is -0.506 e. The van der Waals surface area contributed by atoms with Crippen LogP contribution in [0.25, 0.3) is 99.5 Å². The van der Waals surface area contributed by atoms with Gasteiger partial charge in [-0.15, -0.1) is 0 Å². The molecule has 0 aliphatic rings. The summed E-state index contributed by atoms with van der Waals surface area (Å²) in [7, 11) is 0. The average Bonchev–Trinajstić information content (AvgIpc) is 3.26. The van der Waals surface area contributed by atoms with E-state index in [9.17, 15) is 15.3 Å². The fraction of sp³-hybridized carbons (Fsp3) is 0. The number of aromatic hydroxyl groups is 3. The van der Waals surface area contributed by atoms with E-state index >= 15 is 0 Å². The Morgan fingerprint density at radius 1 is 0.263 bits per heavy atom. The summed E-state index contributed by atoms with van der Waals surface area (Å²) < 4.78 is 0. The van der Waals surface area contributed by atoms with Gasteiger partial charge in [-0.2, -0.15) is 0 Å². The Morgan fingerprint density at radius 3 is 0.807 bits per heavy atom. The van der Waals surface area contributed by atoms with Crippen LogP contribution in [0.3, 0.4) is 0 Å². The van der Waals surface area contributed by atoms with Crippen LogP contribution in [0.2, 0.25) is 0 Å². The standard InChI is InChI=1S/C51H33N3O3/c55-46-7-1-4-43-40(22-25-52-49(43)46)34-16-10-31(11-17-34)37-28-38(32-12-18-35(19-13-32)41-23-26-53-50-44(41)5-2-8-47(50)56)30-39(29-37)33-14-20-36(21-15-33)42-24-27-54-51-45(42)6-3-9-48(51)57/h1-30,55-57H. The van der Waals surface area contributed by atoms with Gasteiger partial charge in [0.05, 0.1) is 0 Å². The maximum atomic E-state index is 10.4. The Bertz CT molecular complexity index is 2790. The molecule has 0 amide bonds. The van der Waals surface area contributed by atoms with Gasteiger partial charge in [0.2, 0.25) is 0 Å². The van der Waals surface area contributed by atoms with E-state index in [1.54, 1.807) is 36.8 Å². The van der Waals surface area contributed by atoms with Crippen LogP contribution in [0.15, 0.2) is 182 Å². The molecule has 3 heterocycles. The predicted octanol–water partition coefficient (Wildman–Crippen LogP) is 12.4. The molecule has 0 aliphatic carbocycles. The SMILES string of the molecule is Oc1cccc2c(-c3ccc(-c4cc(-c5ccc(-c6ccnc7c(O)cccc67)cc5)cc(-c5ccc(-c6ccnc7c(O)cccc67)cc5)c4)cc3)ccnc12. The molecule has 3 N–H and O–H groups in total. The lowest BCUT2D eigenvalue weighted by Gasteiger charge is -2.14. The molecule has 0 saturated carbocycles. The number of aromatic nitrogens is 3. The maximum absolute atomic E-state index is 10.4. The third-order valence-corrected chi connectivity index (χ3v) is 10.8. The highest BCUT2D eigenvalue weighted by Gasteiger charge is 2.14. The van der Waals surface area contributed by atoms with Gasteiger partial charge in [0.25, 0.3) is 0 Å². The van der Waals surface area contributed by atoms with Crippen LogP contribution >= 0.6 is 0 Å². The average molecular weight is 736 g/mol. The van der Waals surface area contributed by atoms with Gasteiger partial charge >= 0.3 is 0 Å². The molecule has 270 valence electrons. The molecule has 0 atom stereocenters. The molecule has 0 spiro atoms. The van der Waals surface area contributed by atoms with Crippen LogP contribution in [-0.2, 0) is 0 Å². The van der Waals surface area contributed by atoms with E-state index in [1.807, 2.05) is 54.6 Å². The van der Waals surface area contributed by atoms with Crippen LogP contribution in [0, 0.1) is 0 Å². The number of rotatable bonds is 6. The molecule has 6 nitrogen and oxygen atoms in total. The van der Waals surface area contributed by atoms with Gasteiger partial charge in [-0.3, -0.25) is 15.0 Å². The second-order valence-corrected chi connectivity index (χ2v) is 14.1. The molecule has 0 saturated heterocycles. The Kier molecular flexibility index (Phi) is 8.16. The minimum atomic E-state index is 0.165. The van der Waals surface area contributed by atoms with E-state index in [-0.39, 0.29) is 17.2 Å². The van der Waals surface area contributed by atoms with Crippen molar-refractivity contribution in [3.8, 4) is 84.0 Å². The van der Waals surface area contributed by atoms with Crippen molar-refractivity contribution >= 4 is 32.7 Å². The molecule has 57 heavy (non-hydrogen) atoms. The van der Waals surface area contributed by atoms with Gasteiger partial charge in [-0.1, -0.05) is 109 Å². The van der Waals surface area contributed by atoms with E-state index in [2.05, 4.69) is 106 Å². The number of phenols is 3. The van der Waals surface area contributed by atoms with Gasteiger partial charge in [0.1, 0.15) is 33.8 Å². The van der Waals surface area contributed by atoms with Crippen LogP contribution < -0.4 is 0 Å². The normalized spacial score (nSPS) is 11.4. The summed E-state index contributed by atoms with van der Waals surface area (Å²) in [5.74, 6) is 0.495. The fourth-order valence-corrected chi connectivity index (χ4v) is 7.89. The molecule has 0 unspecified atom stereocenters. The molecule has 7 aromatic carbocycles. The molecular formula is C51H33N3O3. The summed E-state index contributed by atoms with van der Waals surface area (Å²) in [5.41, 5.74) is 14.3. The number of nitrogens with zero attached hydrogens (tertiary/aromatic N) is 3. The van der Waals surface area contributed by atoms with E-state index in [0.29, 0.717) is 16.6 Å². The van der Waals surface area contributed by atoms with Crippen molar-refractivity contribution in [3.63, 3.8) is 0 Å². The smallest absolute Gasteiger partial charge is 0.141 e. The van der Waals surface area contributed by atoms with Crippen molar-refractivity contribution in [2.75, 3.05) is 0 Å². The second kappa shape index (κ2) is 13.8. The fourth-order valence-electron chi connectivity index (χ4n) is 7.89. The summed E-state index contributed by atoms with van der Waals surface area (Å²) >= 11 is 0. The van der Waals surface area contributed by atoms with Crippen molar-refractivity contribution in [2.24, 2.45) is 0 Å². The number of benzene rings is 7. The van der Waals surface area contributed by atoms with Crippen molar-refractivity contribution in [1.82, 2.24) is 15.0 Å². The van der Waals surface area contributed by atoms with Gasteiger partial charge in [0, 0.05) is 34.7 Å². The summed E-state index contributed by atoms with van der Waals surface area (Å²) in [6.07, 6.45) is 5.21. The second-order valence-electron chi connectivity index (χ2n) is 14.1. The zero-order valence-corrected chi connectivity index (χ0v) is 30.5. The van der Waals surface area contributed by atoms with Crippen molar-refractivity contribution in [2.45, 2.75) is 0 Å². The molecule has 0 bridgehead atoms. The van der Waals surface area contributed by atoms with Gasteiger partial charge in [-0.05, 0) is 121 Å². The van der Waals surface area contributed by atoms with E-state index in [4.69, 9.17) is 0 Å². The van der Waals surface area contributed by atoms with E-state index in [1.165, 1.54) is 0 Å². The number of para-hydroxylation sites is 3. The maximum Gasteiger partial charge on any atom is 0.141 e. The highest BCUT2D eigenvalue weighted by atomic mass is 16.3. The van der Waals surface area contributed by atoms with Gasteiger partial charge in [-0.25, -0.2) is 0 Å². The topological polar surface area (TPSA) is 99.4 Å². The van der Waals surface area contributed by atoms with Crippen molar-refractivity contribution in [1.29, 1.82) is 0 Å². The highest BCUT2D eigenvalue weighted by molar-refractivity contribution is 5.99. The van der Waals surface area contributed by atoms with Gasteiger partial charge in [0.15, 0.2) is 0 Å². The van der Waals surface area contributed by atoms with Crippen LogP contribution in [0.1, 0.15) is 0 Å². The molecular weight excluding hydrogens is 703 g/mol. The molecule has 3 aromatic heterocycles. The molecule has 0 aliphatic heterocycles. The van der Waals surface area contributed by atoms with Crippen LogP contribution in [0.4, 0.5) is 0 Å². The lowest BCUT2D eigenvalue weighted by atomic mass is 9.91. The summed E-state index contributed by atoms with van der Waals surface area (Å²) in [6.45, 7) is 0. The minimum absolute atomic E-state index is 0.165. The first-order valence-electron chi connectivity index (χ1n) is 18.7. The van der Waals surface area contributed by atoms with Crippen LogP contribution in [-0.4, -0.2) is 30.3 Å². The Morgan fingerprint density at radius 2 is 0.526 bits per heavy atom. The summed E-state index contributed by atoms with van der Waals surface area (Å²) in [4.78, 5) is 13.2. The first-order valence-corrected chi connectivity index (χ1v) is 18.7. The zero-order valence-electron chi connectivity index (χ0n) is 30.5. The first-order chi connectivity index (χ1) is 28.0. The molecule has 0 fully saturated rings. The Hall–Kier alpha value is -7.83. The number of hydrogen-bond acceptors (Lipinski definition) is 6.